The van der Waals surface area contributed by atoms with E-state index in [1.54, 1.807) is 12.1 Å². The first-order valence-electron chi connectivity index (χ1n) is 13.9. The van der Waals surface area contributed by atoms with Gasteiger partial charge in [-0.1, -0.05) is 38.1 Å². The second-order valence-electron chi connectivity index (χ2n) is 11.4. The molecule has 1 atom stereocenters. The summed E-state index contributed by atoms with van der Waals surface area (Å²) < 4.78 is 10.3. The summed E-state index contributed by atoms with van der Waals surface area (Å²) in [4.78, 5) is 43.6. The van der Waals surface area contributed by atoms with Crippen molar-refractivity contribution in [2.45, 2.75) is 32.7 Å². The summed E-state index contributed by atoms with van der Waals surface area (Å²) in [6, 6.07) is 14.5. The highest BCUT2D eigenvalue weighted by Gasteiger charge is 2.42. The van der Waals surface area contributed by atoms with Crippen LogP contribution in [-0.4, -0.2) is 75.6 Å². The van der Waals surface area contributed by atoms with Gasteiger partial charge in [0.15, 0.2) is 5.78 Å². The lowest BCUT2D eigenvalue weighted by Crippen LogP contribution is -2.45. The normalized spacial score (nSPS) is 20.6. The Kier molecular flexibility index (Phi) is 8.23. The van der Waals surface area contributed by atoms with Gasteiger partial charge in [0.25, 0.3) is 0 Å². The zero-order chi connectivity index (χ0) is 28.3. The van der Waals surface area contributed by atoms with Crippen LogP contribution in [0.4, 0.5) is 11.4 Å². The first-order valence-corrected chi connectivity index (χ1v) is 13.9. The molecule has 0 bridgehead atoms. The number of allylic oxidation sites excluding steroid dienone is 1. The molecule has 1 amide bonds. The van der Waals surface area contributed by atoms with E-state index >= 15 is 0 Å². The molecule has 9 heteroatoms. The van der Waals surface area contributed by atoms with Gasteiger partial charge in [0.2, 0.25) is 5.91 Å². The predicted octanol–water partition coefficient (Wildman–Crippen LogP) is 3.54. The molecule has 9 nitrogen and oxygen atoms in total. The van der Waals surface area contributed by atoms with Crippen molar-refractivity contribution in [1.82, 2.24) is 10.2 Å². The summed E-state index contributed by atoms with van der Waals surface area (Å²) in [6.45, 7) is 8.72. The van der Waals surface area contributed by atoms with Crippen molar-refractivity contribution in [3.8, 4) is 0 Å². The summed E-state index contributed by atoms with van der Waals surface area (Å²) in [5.41, 5.74) is 4.31. The molecule has 2 aromatic rings. The van der Waals surface area contributed by atoms with Gasteiger partial charge in [-0.2, -0.15) is 0 Å². The van der Waals surface area contributed by atoms with Crippen molar-refractivity contribution in [2.75, 3.05) is 63.3 Å². The number of anilines is 2. The van der Waals surface area contributed by atoms with Gasteiger partial charge >= 0.3 is 5.97 Å². The number of rotatable bonds is 7. The molecule has 1 saturated heterocycles. The van der Waals surface area contributed by atoms with Crippen LogP contribution in [0.5, 0.6) is 0 Å². The summed E-state index contributed by atoms with van der Waals surface area (Å²) in [5, 5.41) is 6.65. The SMILES string of the molecule is COC(=O)c1ccc(C2C3=C(CC(C)(C)CC3=O)Nc3ccccc3N2CC(=O)NCCN2CCOCC2)cc1. The molecular formula is C31H38N4O5. The van der Waals surface area contributed by atoms with E-state index in [0.29, 0.717) is 43.7 Å². The number of fused-ring (bicyclic) bond motifs is 1. The van der Waals surface area contributed by atoms with Crippen LogP contribution in [0, 0.1) is 5.41 Å². The Morgan fingerprint density at radius 2 is 1.80 bits per heavy atom. The Labute approximate surface area is 235 Å². The number of ether oxygens (including phenoxy) is 2. The maximum atomic E-state index is 13.8. The van der Waals surface area contributed by atoms with Gasteiger partial charge < -0.3 is 25.0 Å². The van der Waals surface area contributed by atoms with Crippen LogP contribution < -0.4 is 15.5 Å². The standard InChI is InChI=1S/C31H38N4O5/c1-31(2)18-24-28(26(36)19-31)29(21-8-10-22(11-9-21)30(38)39-3)35(25-7-5-4-6-23(25)33-24)20-27(37)32-12-13-34-14-16-40-17-15-34/h4-11,29,33H,12-20H2,1-3H3,(H,32,37). The third-order valence-corrected chi connectivity index (χ3v) is 7.82. The zero-order valence-corrected chi connectivity index (χ0v) is 23.5. The van der Waals surface area contributed by atoms with Gasteiger partial charge in [-0.15, -0.1) is 0 Å². The number of carbonyl (C=O) groups excluding carboxylic acids is 3. The number of hydrogen-bond donors (Lipinski definition) is 2. The van der Waals surface area contributed by atoms with E-state index < -0.39 is 12.0 Å². The lowest BCUT2D eigenvalue weighted by Gasteiger charge is -2.38. The number of para-hydroxylation sites is 2. The van der Waals surface area contributed by atoms with Crippen LogP contribution >= 0.6 is 0 Å². The lowest BCUT2D eigenvalue weighted by molar-refractivity contribution is -0.120. The summed E-state index contributed by atoms with van der Waals surface area (Å²) in [5.74, 6) is -0.482. The number of nitrogens with zero attached hydrogens (tertiary/aromatic N) is 2. The van der Waals surface area contributed by atoms with E-state index in [9.17, 15) is 14.4 Å². The summed E-state index contributed by atoms with van der Waals surface area (Å²) >= 11 is 0. The number of nitrogens with one attached hydrogen (secondary N) is 2. The van der Waals surface area contributed by atoms with Crippen molar-refractivity contribution in [2.24, 2.45) is 5.41 Å². The fourth-order valence-corrected chi connectivity index (χ4v) is 5.88. The third kappa shape index (κ3) is 6.05. The minimum absolute atomic E-state index is 0.0614. The van der Waals surface area contributed by atoms with Crippen molar-refractivity contribution in [3.63, 3.8) is 0 Å². The van der Waals surface area contributed by atoms with Crippen LogP contribution in [0.15, 0.2) is 59.8 Å². The Hall–Kier alpha value is -3.69. The van der Waals surface area contributed by atoms with E-state index in [1.165, 1.54) is 7.11 Å². The monoisotopic (exact) mass is 546 g/mol. The fraction of sp³-hybridized carbons (Fsp3) is 0.452. The van der Waals surface area contributed by atoms with Gasteiger partial charge in [0, 0.05) is 43.9 Å². The van der Waals surface area contributed by atoms with E-state index in [-0.39, 0.29) is 23.7 Å². The molecule has 2 N–H and O–H groups in total. The molecule has 1 aliphatic carbocycles. The molecular weight excluding hydrogens is 508 g/mol. The molecule has 3 aliphatic rings. The van der Waals surface area contributed by atoms with E-state index in [2.05, 4.69) is 29.4 Å². The number of amides is 1. The number of methoxy groups -OCH3 is 1. The highest BCUT2D eigenvalue weighted by molar-refractivity contribution is 6.02. The largest absolute Gasteiger partial charge is 0.465 e. The minimum Gasteiger partial charge on any atom is -0.465 e. The maximum Gasteiger partial charge on any atom is 0.337 e. The first kappa shape index (κ1) is 27.9. The van der Waals surface area contributed by atoms with Gasteiger partial charge in [0.1, 0.15) is 0 Å². The minimum atomic E-state index is -0.508. The number of ketones is 1. The Bertz CT molecular complexity index is 1300. The molecule has 0 spiro atoms. The highest BCUT2D eigenvalue weighted by atomic mass is 16.5. The number of Topliss-reactive ketones (excluding diaryl/α,β-unsaturated/α-hetero) is 1. The van der Waals surface area contributed by atoms with Gasteiger partial charge in [-0.3, -0.25) is 14.5 Å². The van der Waals surface area contributed by atoms with Crippen LogP contribution in [-0.2, 0) is 19.1 Å². The second kappa shape index (κ2) is 11.8. The average molecular weight is 547 g/mol. The molecule has 0 radical (unpaired) electrons. The lowest BCUT2D eigenvalue weighted by atomic mass is 9.73. The number of benzene rings is 2. The molecule has 2 heterocycles. The van der Waals surface area contributed by atoms with Crippen LogP contribution in [0.3, 0.4) is 0 Å². The summed E-state index contributed by atoms with van der Waals surface area (Å²) in [6.07, 6.45) is 1.12. The predicted molar refractivity (Wildman–Crippen MR) is 153 cm³/mol. The number of hydrogen-bond acceptors (Lipinski definition) is 8. The smallest absolute Gasteiger partial charge is 0.337 e. The molecule has 212 valence electrons. The molecule has 0 aromatic heterocycles. The Morgan fingerprint density at radius 3 is 2.52 bits per heavy atom. The van der Waals surface area contributed by atoms with Crippen LogP contribution in [0.1, 0.15) is 48.7 Å². The molecule has 40 heavy (non-hydrogen) atoms. The Morgan fingerprint density at radius 1 is 1.07 bits per heavy atom. The van der Waals surface area contributed by atoms with Gasteiger partial charge in [-0.05, 0) is 41.7 Å². The second-order valence-corrected chi connectivity index (χ2v) is 11.4. The quantitative estimate of drug-likeness (QED) is 0.509. The van der Waals surface area contributed by atoms with Crippen molar-refractivity contribution < 1.29 is 23.9 Å². The highest BCUT2D eigenvalue weighted by Crippen LogP contribution is 2.48. The molecule has 2 aliphatic heterocycles. The van der Waals surface area contributed by atoms with Crippen molar-refractivity contribution >= 4 is 29.0 Å². The van der Waals surface area contributed by atoms with E-state index in [0.717, 1.165) is 42.3 Å². The molecule has 1 fully saturated rings. The van der Waals surface area contributed by atoms with Crippen molar-refractivity contribution in [1.29, 1.82) is 0 Å². The molecule has 2 aromatic carbocycles. The number of carbonyl (C=O) groups is 3. The number of esters is 1. The van der Waals surface area contributed by atoms with E-state index in [4.69, 9.17) is 9.47 Å². The Balaban J connectivity index is 1.51. The molecule has 5 rings (SSSR count). The summed E-state index contributed by atoms with van der Waals surface area (Å²) in [7, 11) is 1.35. The van der Waals surface area contributed by atoms with Gasteiger partial charge in [0.05, 0.1) is 49.8 Å². The zero-order valence-electron chi connectivity index (χ0n) is 23.5. The van der Waals surface area contributed by atoms with Crippen LogP contribution in [0.25, 0.3) is 0 Å². The third-order valence-electron chi connectivity index (χ3n) is 7.82. The van der Waals surface area contributed by atoms with E-state index in [1.807, 2.05) is 41.3 Å². The first-order chi connectivity index (χ1) is 19.3. The molecule has 1 unspecified atom stereocenters. The molecule has 0 saturated carbocycles. The van der Waals surface area contributed by atoms with Gasteiger partial charge in [-0.25, -0.2) is 4.79 Å². The van der Waals surface area contributed by atoms with Crippen LogP contribution in [0.2, 0.25) is 0 Å². The average Bonchev–Trinajstić information content (AvgIpc) is 3.07. The topological polar surface area (TPSA) is 100 Å². The maximum absolute atomic E-state index is 13.8. The number of morpholine rings is 1. The van der Waals surface area contributed by atoms with Crippen molar-refractivity contribution in [3.05, 3.63) is 70.9 Å². The fourth-order valence-electron chi connectivity index (χ4n) is 5.88.